The summed E-state index contributed by atoms with van der Waals surface area (Å²) < 4.78 is 47.8. The van der Waals surface area contributed by atoms with Crippen molar-refractivity contribution in [2.75, 3.05) is 7.11 Å². The van der Waals surface area contributed by atoms with E-state index >= 15 is 0 Å². The van der Waals surface area contributed by atoms with Gasteiger partial charge in [-0.05, 0) is 90.9 Å². The molecule has 0 fully saturated rings. The lowest BCUT2D eigenvalue weighted by Gasteiger charge is -2.28. The fraction of sp³-hybridized carbons (Fsp3) is 0.109. The fourth-order valence-corrected chi connectivity index (χ4v) is 9.57. The molecule has 0 atom stereocenters. The van der Waals surface area contributed by atoms with Crippen molar-refractivity contribution in [3.8, 4) is 50.8 Å². The summed E-state index contributed by atoms with van der Waals surface area (Å²) in [4.78, 5) is -0.343. The molecule has 6 nitrogen and oxygen atoms in total. The van der Waals surface area contributed by atoms with Crippen LogP contribution in [0.5, 0.6) is 5.75 Å². The van der Waals surface area contributed by atoms with Gasteiger partial charge in [0.1, 0.15) is 15.9 Å². The number of benzene rings is 6. The summed E-state index contributed by atoms with van der Waals surface area (Å²) in [6.45, 7) is 0. The third-order valence-electron chi connectivity index (χ3n) is 11.1. The van der Waals surface area contributed by atoms with Gasteiger partial charge in [0.2, 0.25) is 17.1 Å². The lowest BCUT2D eigenvalue weighted by Crippen LogP contribution is -2.41. The van der Waals surface area contributed by atoms with Gasteiger partial charge < -0.3 is 13.9 Å². The first-order valence-electron chi connectivity index (χ1n) is 17.9. The van der Waals surface area contributed by atoms with Crippen molar-refractivity contribution in [2.45, 2.75) is 30.6 Å². The average Bonchev–Trinajstić information content (AvgIpc) is 3.53. The number of nitrogens with zero attached hydrogens (tertiary/aromatic N) is 2. The molecule has 10 rings (SSSR count). The number of ether oxygens (including phenoxy) is 1. The molecule has 0 N–H and O–H groups in total. The summed E-state index contributed by atoms with van der Waals surface area (Å²) in [5.41, 5.74) is 15.5. The van der Waals surface area contributed by atoms with Gasteiger partial charge in [-0.25, -0.2) is 8.42 Å². The number of hydrogen-bond acceptors (Lipinski definition) is 4. The minimum Gasteiger partial charge on any atom is -0.744 e. The molecule has 0 bridgehead atoms. The Labute approximate surface area is 307 Å². The van der Waals surface area contributed by atoms with Crippen molar-refractivity contribution in [2.24, 2.45) is 0 Å². The lowest BCUT2D eigenvalue weighted by molar-refractivity contribution is -0.573. The number of rotatable bonds is 5. The van der Waals surface area contributed by atoms with E-state index in [2.05, 4.69) is 130 Å². The van der Waals surface area contributed by atoms with Gasteiger partial charge in [0.05, 0.1) is 34.2 Å². The van der Waals surface area contributed by atoms with Gasteiger partial charge in [0.25, 0.3) is 0 Å². The van der Waals surface area contributed by atoms with Crippen LogP contribution < -0.4 is 9.30 Å². The third-order valence-corrected chi connectivity index (χ3v) is 12.0. The molecule has 2 aromatic heterocycles. The third kappa shape index (κ3) is 4.88. The zero-order chi connectivity index (χ0) is 35.8. The molecule has 2 aliphatic carbocycles. The SMILES string of the molecule is COc1ccc(-c2c3c([n+](-c4ccc(-n5c6ccccc6c6ccccc65)cc4)c4c2CCc2ccccc2-4)-c2ccccc2CC3)cc1S(=O)(=O)[O-]. The maximum absolute atomic E-state index is 12.6. The first-order chi connectivity index (χ1) is 25.9. The minimum atomic E-state index is -4.80. The first kappa shape index (κ1) is 31.7. The standard InChI is InChI=1S/C46H34N2O4S/c1-52-42-27-20-31(28-43(42)53(49,50)51)44-38-25-18-29-10-2-4-12-34(29)45(38)48(46-35-13-5-3-11-30(35)19-26-39(44)46)33-23-21-32(22-24-33)47-40-16-8-6-14-36(40)37-15-7-9-17-41(37)47/h2-17,20-24,27-28H,18-19,25-26H2,1H3. The predicted octanol–water partition coefficient (Wildman–Crippen LogP) is 9.17. The van der Waals surface area contributed by atoms with Crippen LogP contribution >= 0.6 is 0 Å². The monoisotopic (exact) mass is 710 g/mol. The molecule has 0 saturated heterocycles. The van der Waals surface area contributed by atoms with Crippen LogP contribution in [0.2, 0.25) is 0 Å². The highest BCUT2D eigenvalue weighted by Gasteiger charge is 2.39. The Bertz CT molecular complexity index is 2780. The fourth-order valence-electron chi connectivity index (χ4n) is 8.90. The minimum absolute atomic E-state index is 0.0523. The van der Waals surface area contributed by atoms with Crippen LogP contribution in [-0.2, 0) is 35.8 Å². The van der Waals surface area contributed by atoms with Gasteiger partial charge in [0.15, 0.2) is 0 Å². The quantitative estimate of drug-likeness (QED) is 0.132. The van der Waals surface area contributed by atoms with Gasteiger partial charge >= 0.3 is 0 Å². The Morgan fingerprint density at radius 1 is 0.623 bits per heavy atom. The van der Waals surface area contributed by atoms with E-state index in [0.717, 1.165) is 87.3 Å². The van der Waals surface area contributed by atoms with E-state index in [0.29, 0.717) is 5.56 Å². The van der Waals surface area contributed by atoms with Gasteiger partial charge in [-0.3, -0.25) is 0 Å². The maximum Gasteiger partial charge on any atom is 0.223 e. The molecule has 0 saturated carbocycles. The number of pyridine rings is 1. The zero-order valence-electron chi connectivity index (χ0n) is 29.0. The number of para-hydroxylation sites is 2. The normalized spacial score (nSPS) is 13.3. The van der Waals surface area contributed by atoms with Crippen molar-refractivity contribution in [3.63, 3.8) is 0 Å². The second-order valence-electron chi connectivity index (χ2n) is 13.9. The topological polar surface area (TPSA) is 75.2 Å². The highest BCUT2D eigenvalue weighted by Crippen LogP contribution is 2.46. The molecule has 2 heterocycles. The molecule has 0 aliphatic heterocycles. The molecular formula is C46H34N2O4S. The summed E-state index contributed by atoms with van der Waals surface area (Å²) in [7, 11) is -3.41. The van der Waals surface area contributed by atoms with Crippen molar-refractivity contribution in [1.29, 1.82) is 0 Å². The molecule has 7 heteroatoms. The van der Waals surface area contributed by atoms with E-state index < -0.39 is 10.1 Å². The summed E-state index contributed by atoms with van der Waals surface area (Å²) in [5.74, 6) is 0.0523. The Morgan fingerprint density at radius 3 is 1.70 bits per heavy atom. The maximum atomic E-state index is 12.6. The van der Waals surface area contributed by atoms with Crippen LogP contribution in [0.15, 0.2) is 144 Å². The Morgan fingerprint density at radius 2 is 1.15 bits per heavy atom. The highest BCUT2D eigenvalue weighted by atomic mass is 32.2. The van der Waals surface area contributed by atoms with Gasteiger partial charge in [-0.15, -0.1) is 0 Å². The Hall–Kier alpha value is -6.02. The largest absolute Gasteiger partial charge is 0.744 e. The molecule has 0 unspecified atom stereocenters. The van der Waals surface area contributed by atoms with Crippen LogP contribution in [0.4, 0.5) is 0 Å². The molecule has 8 aromatic rings. The van der Waals surface area contributed by atoms with E-state index in [1.54, 1.807) is 6.07 Å². The van der Waals surface area contributed by atoms with E-state index in [4.69, 9.17) is 4.74 Å². The summed E-state index contributed by atoms with van der Waals surface area (Å²) in [6.07, 6.45) is 3.23. The summed E-state index contributed by atoms with van der Waals surface area (Å²) in [5, 5.41) is 2.44. The highest BCUT2D eigenvalue weighted by molar-refractivity contribution is 7.85. The number of aryl methyl sites for hydroxylation is 2. The number of hydrogen-bond donors (Lipinski definition) is 0. The van der Waals surface area contributed by atoms with E-state index in [9.17, 15) is 13.0 Å². The van der Waals surface area contributed by atoms with E-state index in [-0.39, 0.29) is 10.6 Å². The molecule has 6 aromatic carbocycles. The van der Waals surface area contributed by atoms with Gasteiger partial charge in [-0.1, -0.05) is 78.9 Å². The van der Waals surface area contributed by atoms with Crippen molar-refractivity contribution >= 4 is 31.9 Å². The molecule has 0 amide bonds. The molecule has 0 spiro atoms. The van der Waals surface area contributed by atoms with E-state index in [1.807, 2.05) is 6.07 Å². The molecule has 0 radical (unpaired) electrons. The molecule has 258 valence electrons. The lowest BCUT2D eigenvalue weighted by atomic mass is 9.77. The van der Waals surface area contributed by atoms with Crippen LogP contribution in [-0.4, -0.2) is 24.6 Å². The van der Waals surface area contributed by atoms with Gasteiger partial charge in [0, 0.05) is 45.3 Å². The number of aromatic nitrogens is 2. The average molecular weight is 711 g/mol. The summed E-state index contributed by atoms with van der Waals surface area (Å²) >= 11 is 0. The zero-order valence-corrected chi connectivity index (χ0v) is 29.9. The number of fused-ring (bicyclic) bond motifs is 9. The van der Waals surface area contributed by atoms with Crippen LogP contribution in [0, 0.1) is 0 Å². The smallest absolute Gasteiger partial charge is 0.223 e. The second-order valence-corrected chi connectivity index (χ2v) is 15.2. The first-order valence-corrected chi connectivity index (χ1v) is 19.3. The van der Waals surface area contributed by atoms with E-state index in [1.165, 1.54) is 35.1 Å². The van der Waals surface area contributed by atoms with Crippen molar-refractivity contribution < 1.29 is 22.3 Å². The van der Waals surface area contributed by atoms with Crippen molar-refractivity contribution in [3.05, 3.63) is 162 Å². The molecule has 2 aliphatic rings. The van der Waals surface area contributed by atoms with Crippen molar-refractivity contribution in [1.82, 2.24) is 4.57 Å². The Kier molecular flexibility index (Phi) is 7.19. The molecular weight excluding hydrogens is 677 g/mol. The van der Waals surface area contributed by atoms with Crippen LogP contribution in [0.1, 0.15) is 22.3 Å². The second kappa shape index (κ2) is 12.0. The summed E-state index contributed by atoms with van der Waals surface area (Å²) in [6, 6.07) is 48.2. The number of methoxy groups -OCH3 is 1. The van der Waals surface area contributed by atoms with Gasteiger partial charge in [-0.2, -0.15) is 4.57 Å². The molecule has 53 heavy (non-hydrogen) atoms. The predicted molar refractivity (Wildman–Crippen MR) is 208 cm³/mol. The van der Waals surface area contributed by atoms with Crippen LogP contribution in [0.25, 0.3) is 66.8 Å². The Balaban J connectivity index is 1.28. The van der Waals surface area contributed by atoms with Crippen LogP contribution in [0.3, 0.4) is 0 Å².